The molecule has 1 aliphatic rings. The van der Waals surface area contributed by atoms with E-state index >= 15 is 0 Å². The molecule has 7 heteroatoms. The number of nitrogens with zero attached hydrogens (tertiary/aromatic N) is 2. The lowest BCUT2D eigenvalue weighted by Crippen LogP contribution is -2.32. The number of carbonyl (C=O) groups excluding carboxylic acids is 2. The number of aromatic nitrogens is 1. The number of rotatable bonds is 10. The third-order valence-electron chi connectivity index (χ3n) is 6.12. The van der Waals surface area contributed by atoms with Crippen LogP contribution in [-0.2, 0) is 4.79 Å². The van der Waals surface area contributed by atoms with Gasteiger partial charge in [0.15, 0.2) is 5.76 Å². The zero-order chi connectivity index (χ0) is 25.8. The Morgan fingerprint density at radius 1 is 1.14 bits per heavy atom. The first kappa shape index (κ1) is 25.6. The van der Waals surface area contributed by atoms with Gasteiger partial charge in [-0.15, -0.1) is 11.3 Å². The molecule has 2 heterocycles. The van der Waals surface area contributed by atoms with Crippen molar-refractivity contribution >= 4 is 23.0 Å². The molecule has 0 saturated carbocycles. The summed E-state index contributed by atoms with van der Waals surface area (Å²) in [5, 5.41) is 11.7. The predicted molar refractivity (Wildman–Crippen MR) is 142 cm³/mol. The summed E-state index contributed by atoms with van der Waals surface area (Å²) in [6, 6.07) is 16.4. The number of ether oxygens (including phenoxy) is 1. The normalized spacial score (nSPS) is 15.8. The second kappa shape index (κ2) is 11.1. The first-order valence-electron chi connectivity index (χ1n) is 12.4. The summed E-state index contributed by atoms with van der Waals surface area (Å²) in [6.45, 7) is 8.22. The van der Waals surface area contributed by atoms with Crippen LogP contribution in [0.15, 0.2) is 65.9 Å². The van der Waals surface area contributed by atoms with Crippen LogP contribution in [0.2, 0.25) is 0 Å². The Bertz CT molecular complexity index is 1280. The molecule has 36 heavy (non-hydrogen) atoms. The molecular weight excluding hydrogens is 472 g/mol. The van der Waals surface area contributed by atoms with Crippen molar-refractivity contribution < 1.29 is 19.4 Å². The van der Waals surface area contributed by atoms with Crippen molar-refractivity contribution in [3.8, 4) is 16.3 Å². The third-order valence-corrected chi connectivity index (χ3v) is 7.33. The zero-order valence-corrected chi connectivity index (χ0v) is 22.0. The van der Waals surface area contributed by atoms with E-state index in [-0.39, 0.29) is 17.5 Å². The molecule has 0 fully saturated rings. The van der Waals surface area contributed by atoms with Crippen LogP contribution >= 0.6 is 11.3 Å². The van der Waals surface area contributed by atoms with E-state index in [1.807, 2.05) is 68.4 Å². The topological polar surface area (TPSA) is 79.7 Å². The third kappa shape index (κ3) is 5.21. The average molecular weight is 505 g/mol. The van der Waals surface area contributed by atoms with Crippen molar-refractivity contribution in [2.24, 2.45) is 0 Å². The van der Waals surface area contributed by atoms with Gasteiger partial charge >= 0.3 is 0 Å². The molecule has 0 saturated heterocycles. The number of aryl methyl sites for hydroxylation is 1. The standard InChI is InChI=1S/C29H32N2O4S/c1-5-6-10-16-31-24(21-14-11-15-22(17-21)35-18(2)3)23(26(33)29(31)34)25(32)27-19(4)30-28(36-27)20-12-8-7-9-13-20/h7-9,11-15,17-18,24,33H,5-6,10,16H2,1-4H3. The lowest BCUT2D eigenvalue weighted by molar-refractivity contribution is -0.129. The van der Waals surface area contributed by atoms with E-state index in [0.717, 1.165) is 35.4 Å². The number of amides is 1. The number of benzene rings is 2. The molecule has 1 unspecified atom stereocenters. The smallest absolute Gasteiger partial charge is 0.290 e. The summed E-state index contributed by atoms with van der Waals surface area (Å²) in [5.74, 6) is -0.705. The van der Waals surface area contributed by atoms with Gasteiger partial charge in [-0.1, -0.05) is 62.2 Å². The summed E-state index contributed by atoms with van der Waals surface area (Å²) < 4.78 is 5.88. The molecule has 3 aromatic rings. The average Bonchev–Trinajstić information content (AvgIpc) is 3.37. The van der Waals surface area contributed by atoms with Crippen molar-refractivity contribution in [1.82, 2.24) is 9.88 Å². The minimum Gasteiger partial charge on any atom is -0.503 e. The van der Waals surface area contributed by atoms with Crippen molar-refractivity contribution in [3.05, 3.63) is 82.1 Å². The van der Waals surface area contributed by atoms with Crippen LogP contribution in [0.4, 0.5) is 0 Å². The van der Waals surface area contributed by atoms with Crippen molar-refractivity contribution in [2.45, 2.75) is 59.1 Å². The van der Waals surface area contributed by atoms with Gasteiger partial charge in [-0.25, -0.2) is 4.98 Å². The quantitative estimate of drug-likeness (QED) is 0.246. The van der Waals surface area contributed by atoms with Gasteiger partial charge in [-0.3, -0.25) is 9.59 Å². The Kier molecular flexibility index (Phi) is 7.89. The fourth-order valence-electron chi connectivity index (χ4n) is 4.46. The number of aliphatic hydroxyl groups is 1. The Morgan fingerprint density at radius 2 is 1.89 bits per heavy atom. The molecule has 4 rings (SSSR count). The van der Waals surface area contributed by atoms with Crippen LogP contribution in [0.3, 0.4) is 0 Å². The van der Waals surface area contributed by atoms with Gasteiger partial charge in [-0.05, 0) is 44.9 Å². The number of thiazole rings is 1. The molecular formula is C29H32N2O4S. The number of ketones is 1. The van der Waals surface area contributed by atoms with Crippen LogP contribution in [-0.4, -0.2) is 39.3 Å². The summed E-state index contributed by atoms with van der Waals surface area (Å²) in [7, 11) is 0. The number of unbranched alkanes of at least 4 members (excludes halogenated alkanes) is 2. The maximum absolute atomic E-state index is 13.9. The Balaban J connectivity index is 1.76. The number of aliphatic hydroxyl groups excluding tert-OH is 1. The number of hydrogen-bond acceptors (Lipinski definition) is 6. The summed E-state index contributed by atoms with van der Waals surface area (Å²) in [4.78, 5) is 33.8. The summed E-state index contributed by atoms with van der Waals surface area (Å²) in [5.41, 5.74) is 2.33. The van der Waals surface area contributed by atoms with E-state index in [1.165, 1.54) is 11.3 Å². The van der Waals surface area contributed by atoms with Crippen LogP contribution in [0, 0.1) is 6.92 Å². The Hall–Kier alpha value is -3.45. The second-order valence-corrected chi connectivity index (χ2v) is 10.2. The highest BCUT2D eigenvalue weighted by Crippen LogP contribution is 2.42. The van der Waals surface area contributed by atoms with E-state index in [1.54, 1.807) is 11.8 Å². The van der Waals surface area contributed by atoms with Crippen molar-refractivity contribution in [3.63, 3.8) is 0 Å². The number of hydrogen-bond donors (Lipinski definition) is 1. The maximum atomic E-state index is 13.9. The van der Waals surface area contributed by atoms with Crippen LogP contribution in [0.1, 0.15) is 67.0 Å². The van der Waals surface area contributed by atoms with Gasteiger partial charge in [0, 0.05) is 12.1 Å². The molecule has 1 N–H and O–H groups in total. The number of carbonyl (C=O) groups is 2. The van der Waals surface area contributed by atoms with Gasteiger partial charge in [0.1, 0.15) is 10.8 Å². The van der Waals surface area contributed by atoms with Crippen LogP contribution < -0.4 is 4.74 Å². The second-order valence-electron chi connectivity index (χ2n) is 9.24. The van der Waals surface area contributed by atoms with E-state index < -0.39 is 17.7 Å². The van der Waals surface area contributed by atoms with Gasteiger partial charge in [0.2, 0.25) is 5.78 Å². The monoisotopic (exact) mass is 504 g/mol. The predicted octanol–water partition coefficient (Wildman–Crippen LogP) is 6.67. The highest BCUT2D eigenvalue weighted by atomic mass is 32.1. The molecule has 1 amide bonds. The fraction of sp³-hybridized carbons (Fsp3) is 0.345. The van der Waals surface area contributed by atoms with Crippen molar-refractivity contribution in [1.29, 1.82) is 0 Å². The van der Waals surface area contributed by atoms with Gasteiger partial charge in [0.25, 0.3) is 5.91 Å². The zero-order valence-electron chi connectivity index (χ0n) is 21.2. The van der Waals surface area contributed by atoms with E-state index in [2.05, 4.69) is 11.9 Å². The van der Waals surface area contributed by atoms with E-state index in [9.17, 15) is 14.7 Å². The largest absolute Gasteiger partial charge is 0.503 e. The minimum atomic E-state index is -0.695. The molecule has 0 radical (unpaired) electrons. The van der Waals surface area contributed by atoms with Crippen LogP contribution in [0.5, 0.6) is 5.75 Å². The highest BCUT2D eigenvalue weighted by molar-refractivity contribution is 7.17. The Morgan fingerprint density at radius 3 is 2.58 bits per heavy atom. The highest BCUT2D eigenvalue weighted by Gasteiger charge is 2.44. The van der Waals surface area contributed by atoms with Crippen molar-refractivity contribution in [2.75, 3.05) is 6.54 Å². The van der Waals surface area contributed by atoms with E-state index in [4.69, 9.17) is 4.74 Å². The molecule has 6 nitrogen and oxygen atoms in total. The SMILES string of the molecule is CCCCCN1C(=O)C(O)=C(C(=O)c2sc(-c3ccccc3)nc2C)C1c1cccc(OC(C)C)c1. The van der Waals surface area contributed by atoms with Gasteiger partial charge in [-0.2, -0.15) is 0 Å². The molecule has 2 aromatic carbocycles. The molecule has 1 aliphatic heterocycles. The first-order valence-corrected chi connectivity index (χ1v) is 13.2. The fourth-order valence-corrected chi connectivity index (χ4v) is 5.48. The Labute approximate surface area is 216 Å². The summed E-state index contributed by atoms with van der Waals surface area (Å²) >= 11 is 1.28. The van der Waals surface area contributed by atoms with Crippen LogP contribution in [0.25, 0.3) is 10.6 Å². The maximum Gasteiger partial charge on any atom is 0.290 e. The van der Waals surface area contributed by atoms with Gasteiger partial charge < -0.3 is 14.7 Å². The molecule has 0 bridgehead atoms. The molecule has 0 spiro atoms. The summed E-state index contributed by atoms with van der Waals surface area (Å²) in [6.07, 6.45) is 2.71. The molecule has 188 valence electrons. The molecule has 0 aliphatic carbocycles. The lowest BCUT2D eigenvalue weighted by Gasteiger charge is -2.27. The van der Waals surface area contributed by atoms with E-state index in [0.29, 0.717) is 22.9 Å². The molecule has 1 aromatic heterocycles. The minimum absolute atomic E-state index is 0.0209. The first-order chi connectivity index (χ1) is 17.3. The lowest BCUT2D eigenvalue weighted by atomic mass is 9.94. The molecule has 1 atom stereocenters. The van der Waals surface area contributed by atoms with Gasteiger partial charge in [0.05, 0.1) is 28.3 Å². The number of Topliss-reactive ketones (excluding diaryl/α,β-unsaturated/α-hetero) is 1.